The van der Waals surface area contributed by atoms with Crippen LogP contribution in [0.1, 0.15) is 24.1 Å². The standard InChI is InChI=1S/C24H29N5O3S/c1-3-22(30)29-8-4-18(15-29)32-23-19-5-9-28(14-17-6-10-31-11-7-17)20(19)12-21(26-23)27-24-25-13-16(2)33-24/h3,5,9,12-13,17-18H,1,4,6-8,10-11,14-15H2,2H3,(H,25,26,27)/t18-/m0/s1. The number of rotatable bonds is 7. The maximum atomic E-state index is 12.0. The number of aryl methyl sites for hydroxylation is 1. The fourth-order valence-electron chi connectivity index (χ4n) is 4.51. The third kappa shape index (κ3) is 4.89. The number of amides is 1. The summed E-state index contributed by atoms with van der Waals surface area (Å²) in [6, 6.07) is 4.15. The molecule has 2 fully saturated rings. The summed E-state index contributed by atoms with van der Waals surface area (Å²) < 4.78 is 14.2. The molecule has 2 aliphatic heterocycles. The topological polar surface area (TPSA) is 81.5 Å². The Morgan fingerprint density at radius 1 is 1.39 bits per heavy atom. The fraction of sp³-hybridized carbons (Fsp3) is 0.458. The fourth-order valence-corrected chi connectivity index (χ4v) is 5.18. The zero-order valence-electron chi connectivity index (χ0n) is 18.8. The summed E-state index contributed by atoms with van der Waals surface area (Å²) in [5, 5.41) is 5.13. The molecule has 33 heavy (non-hydrogen) atoms. The molecule has 1 N–H and O–H groups in total. The zero-order valence-corrected chi connectivity index (χ0v) is 19.6. The Hall–Kier alpha value is -2.91. The summed E-state index contributed by atoms with van der Waals surface area (Å²) in [5.74, 6) is 1.83. The van der Waals surface area contributed by atoms with Gasteiger partial charge in [0.1, 0.15) is 11.9 Å². The number of anilines is 2. The monoisotopic (exact) mass is 467 g/mol. The Kier molecular flexibility index (Phi) is 6.32. The van der Waals surface area contributed by atoms with E-state index in [0.717, 1.165) is 59.9 Å². The van der Waals surface area contributed by atoms with Gasteiger partial charge in [0.05, 0.1) is 17.4 Å². The van der Waals surface area contributed by atoms with Crippen LogP contribution in [0.3, 0.4) is 0 Å². The summed E-state index contributed by atoms with van der Waals surface area (Å²) in [5.41, 5.74) is 1.08. The molecule has 1 atom stereocenters. The van der Waals surface area contributed by atoms with Crippen LogP contribution in [0.5, 0.6) is 5.88 Å². The highest BCUT2D eigenvalue weighted by Crippen LogP contribution is 2.32. The minimum Gasteiger partial charge on any atom is -0.472 e. The minimum absolute atomic E-state index is 0.0589. The second kappa shape index (κ2) is 9.52. The molecule has 0 aromatic carbocycles. The van der Waals surface area contributed by atoms with Gasteiger partial charge in [-0.05, 0) is 37.8 Å². The van der Waals surface area contributed by atoms with Crippen molar-refractivity contribution in [3.63, 3.8) is 0 Å². The van der Waals surface area contributed by atoms with Crippen molar-refractivity contribution >= 4 is 39.1 Å². The molecule has 3 aromatic heterocycles. The quantitative estimate of drug-likeness (QED) is 0.526. The lowest BCUT2D eigenvalue weighted by molar-refractivity contribution is -0.125. The molecule has 0 unspecified atom stereocenters. The number of nitrogens with zero attached hydrogens (tertiary/aromatic N) is 4. The van der Waals surface area contributed by atoms with Crippen molar-refractivity contribution in [1.82, 2.24) is 19.4 Å². The zero-order chi connectivity index (χ0) is 22.8. The van der Waals surface area contributed by atoms with Crippen LogP contribution < -0.4 is 10.1 Å². The van der Waals surface area contributed by atoms with Crippen molar-refractivity contribution < 1.29 is 14.3 Å². The first-order valence-electron chi connectivity index (χ1n) is 11.4. The summed E-state index contributed by atoms with van der Waals surface area (Å²) >= 11 is 1.59. The Morgan fingerprint density at radius 2 is 2.24 bits per heavy atom. The number of aromatic nitrogens is 3. The van der Waals surface area contributed by atoms with E-state index >= 15 is 0 Å². The van der Waals surface area contributed by atoms with Gasteiger partial charge in [-0.1, -0.05) is 6.58 Å². The summed E-state index contributed by atoms with van der Waals surface area (Å²) in [4.78, 5) is 24.1. The third-order valence-electron chi connectivity index (χ3n) is 6.29. The largest absolute Gasteiger partial charge is 0.472 e. The van der Waals surface area contributed by atoms with Crippen LogP contribution in [0.15, 0.2) is 37.2 Å². The molecule has 5 rings (SSSR count). The SMILES string of the molecule is C=CC(=O)N1CC[C@H](Oc2nc(Nc3ncc(C)s3)cc3c2ccn3CC2CCOCC2)C1. The number of hydrogen-bond acceptors (Lipinski definition) is 7. The van der Waals surface area contributed by atoms with Crippen molar-refractivity contribution in [2.45, 2.75) is 38.8 Å². The second-order valence-corrected chi connectivity index (χ2v) is 9.92. The van der Waals surface area contributed by atoms with Gasteiger partial charge in [0.2, 0.25) is 11.8 Å². The summed E-state index contributed by atoms with van der Waals surface area (Å²) in [6.45, 7) is 9.43. The predicted molar refractivity (Wildman–Crippen MR) is 129 cm³/mol. The van der Waals surface area contributed by atoms with E-state index in [0.29, 0.717) is 30.7 Å². The maximum Gasteiger partial charge on any atom is 0.246 e. The number of hydrogen-bond donors (Lipinski definition) is 1. The molecule has 2 saturated heterocycles. The molecule has 5 heterocycles. The molecule has 2 aliphatic rings. The number of ether oxygens (including phenoxy) is 2. The van der Waals surface area contributed by atoms with E-state index in [4.69, 9.17) is 14.5 Å². The van der Waals surface area contributed by atoms with Gasteiger partial charge >= 0.3 is 0 Å². The molecule has 8 nitrogen and oxygen atoms in total. The maximum absolute atomic E-state index is 12.0. The number of thiazole rings is 1. The van der Waals surface area contributed by atoms with E-state index in [1.807, 2.05) is 13.1 Å². The molecule has 1 amide bonds. The average Bonchev–Trinajstić information content (AvgIpc) is 3.55. The molecule has 0 saturated carbocycles. The van der Waals surface area contributed by atoms with E-state index in [-0.39, 0.29) is 12.0 Å². The van der Waals surface area contributed by atoms with Crippen LogP contribution in [-0.2, 0) is 16.1 Å². The third-order valence-corrected chi connectivity index (χ3v) is 7.12. The average molecular weight is 468 g/mol. The van der Waals surface area contributed by atoms with Gasteiger partial charge < -0.3 is 24.3 Å². The van der Waals surface area contributed by atoms with Crippen molar-refractivity contribution in [2.24, 2.45) is 5.92 Å². The van der Waals surface area contributed by atoms with Gasteiger partial charge in [0, 0.05) is 56.1 Å². The van der Waals surface area contributed by atoms with Crippen LogP contribution in [0.25, 0.3) is 10.9 Å². The predicted octanol–water partition coefficient (Wildman–Crippen LogP) is 4.14. The number of carbonyl (C=O) groups is 1. The molecule has 3 aromatic rings. The Labute approximate surface area is 197 Å². The van der Waals surface area contributed by atoms with Crippen LogP contribution in [-0.4, -0.2) is 57.7 Å². The van der Waals surface area contributed by atoms with Gasteiger partial charge in [-0.2, -0.15) is 4.98 Å². The van der Waals surface area contributed by atoms with E-state index in [9.17, 15) is 4.79 Å². The van der Waals surface area contributed by atoms with E-state index in [1.54, 1.807) is 16.2 Å². The number of pyridine rings is 1. The van der Waals surface area contributed by atoms with E-state index in [2.05, 4.69) is 39.8 Å². The molecular formula is C24H29N5O3S. The van der Waals surface area contributed by atoms with Crippen molar-refractivity contribution in [3.05, 3.63) is 42.1 Å². The molecular weight excluding hydrogens is 438 g/mol. The Balaban J connectivity index is 1.44. The number of fused-ring (bicyclic) bond motifs is 1. The highest BCUT2D eigenvalue weighted by Gasteiger charge is 2.28. The normalized spacial score (nSPS) is 19.2. The molecule has 0 aliphatic carbocycles. The summed E-state index contributed by atoms with van der Waals surface area (Å²) in [7, 11) is 0. The lowest BCUT2D eigenvalue weighted by Crippen LogP contribution is -2.29. The number of carbonyl (C=O) groups excluding carboxylic acids is 1. The highest BCUT2D eigenvalue weighted by atomic mass is 32.1. The Bertz CT molecular complexity index is 1150. The number of nitrogens with one attached hydrogen (secondary N) is 1. The van der Waals surface area contributed by atoms with Gasteiger partial charge in [0.15, 0.2) is 5.13 Å². The molecule has 0 bridgehead atoms. The Morgan fingerprint density at radius 3 is 3.00 bits per heavy atom. The van der Waals surface area contributed by atoms with E-state index < -0.39 is 0 Å². The number of likely N-dealkylation sites (tertiary alicyclic amines) is 1. The molecule has 0 radical (unpaired) electrons. The molecule has 174 valence electrons. The van der Waals surface area contributed by atoms with Gasteiger partial charge in [-0.3, -0.25) is 4.79 Å². The van der Waals surface area contributed by atoms with Gasteiger partial charge in [0.25, 0.3) is 0 Å². The van der Waals surface area contributed by atoms with Crippen LogP contribution >= 0.6 is 11.3 Å². The van der Waals surface area contributed by atoms with Gasteiger partial charge in [-0.15, -0.1) is 11.3 Å². The first-order chi connectivity index (χ1) is 16.1. The summed E-state index contributed by atoms with van der Waals surface area (Å²) in [6.07, 6.45) is 8.15. The first-order valence-corrected chi connectivity index (χ1v) is 12.3. The van der Waals surface area contributed by atoms with Crippen LogP contribution in [0.4, 0.5) is 10.9 Å². The van der Waals surface area contributed by atoms with Crippen molar-refractivity contribution in [2.75, 3.05) is 31.6 Å². The lowest BCUT2D eigenvalue weighted by atomic mass is 10.0. The van der Waals surface area contributed by atoms with E-state index in [1.165, 1.54) is 6.08 Å². The first kappa shape index (κ1) is 21.9. The highest BCUT2D eigenvalue weighted by molar-refractivity contribution is 7.15. The van der Waals surface area contributed by atoms with Crippen LogP contribution in [0.2, 0.25) is 0 Å². The smallest absolute Gasteiger partial charge is 0.246 e. The lowest BCUT2D eigenvalue weighted by Gasteiger charge is -2.23. The minimum atomic E-state index is -0.0965. The van der Waals surface area contributed by atoms with Gasteiger partial charge in [-0.25, -0.2) is 4.98 Å². The second-order valence-electron chi connectivity index (χ2n) is 8.69. The van der Waals surface area contributed by atoms with Crippen molar-refractivity contribution in [1.29, 1.82) is 0 Å². The molecule has 0 spiro atoms. The van der Waals surface area contributed by atoms with Crippen molar-refractivity contribution in [3.8, 4) is 5.88 Å². The van der Waals surface area contributed by atoms with Crippen LogP contribution in [0, 0.1) is 12.8 Å². The molecule has 9 heteroatoms.